The van der Waals surface area contributed by atoms with Crippen LogP contribution in [0.2, 0.25) is 0 Å². The van der Waals surface area contributed by atoms with E-state index in [0.717, 1.165) is 18.2 Å². The molecule has 2 unspecified atom stereocenters. The van der Waals surface area contributed by atoms with Gasteiger partial charge in [-0.25, -0.2) is 0 Å². The van der Waals surface area contributed by atoms with Crippen molar-refractivity contribution in [2.24, 2.45) is 5.73 Å². The third kappa shape index (κ3) is 4.20. The maximum absolute atomic E-state index is 13.1. The van der Waals surface area contributed by atoms with Gasteiger partial charge in [0.15, 0.2) is 11.5 Å². The summed E-state index contributed by atoms with van der Waals surface area (Å²) in [6, 6.07) is 3.91. The largest absolute Gasteiger partial charge is 0.490 e. The molecule has 0 aliphatic carbocycles. The molecule has 0 saturated heterocycles. The van der Waals surface area contributed by atoms with Gasteiger partial charge in [0.2, 0.25) is 0 Å². The van der Waals surface area contributed by atoms with Crippen molar-refractivity contribution in [1.82, 2.24) is 0 Å². The fraction of sp³-hybridized carbons (Fsp3) is 0.571. The molecule has 1 aliphatic rings. The molecule has 1 aromatic rings. The molecule has 3 nitrogen and oxygen atoms in total. The Morgan fingerprint density at radius 1 is 1.24 bits per heavy atom. The predicted molar refractivity (Wildman–Crippen MR) is 76.0 cm³/mol. The summed E-state index contributed by atoms with van der Waals surface area (Å²) in [5.41, 5.74) is 5.62. The van der Waals surface area contributed by atoms with E-state index in [-0.39, 0.29) is 6.42 Å². The first-order valence-corrected chi connectivity index (χ1v) is 7.68. The number of thioether (sulfide) groups is 1. The van der Waals surface area contributed by atoms with Crippen LogP contribution in [0.3, 0.4) is 0 Å². The Morgan fingerprint density at radius 3 is 2.52 bits per heavy atom. The van der Waals surface area contributed by atoms with Crippen molar-refractivity contribution >= 4 is 11.8 Å². The van der Waals surface area contributed by atoms with Crippen molar-refractivity contribution in [2.45, 2.75) is 42.1 Å². The highest BCUT2D eigenvalue weighted by atomic mass is 32.2. The standard InChI is InChI=1S/C14H18F3NO2S/c1-2-10(18)13(14(15,16)17)21-9-4-5-11-12(8-9)20-7-3-6-19-11/h4-5,8,10,13H,2-3,6-7,18H2,1H3. The third-order valence-electron chi connectivity index (χ3n) is 3.16. The van der Waals surface area contributed by atoms with E-state index in [2.05, 4.69) is 0 Å². The molecule has 2 rings (SSSR count). The molecule has 0 saturated carbocycles. The van der Waals surface area contributed by atoms with Gasteiger partial charge in [-0.1, -0.05) is 6.92 Å². The molecule has 118 valence electrons. The van der Waals surface area contributed by atoms with Gasteiger partial charge in [0.05, 0.1) is 13.2 Å². The average Bonchev–Trinajstić information content (AvgIpc) is 2.67. The molecule has 0 spiro atoms. The fourth-order valence-electron chi connectivity index (χ4n) is 1.97. The number of halogens is 3. The predicted octanol–water partition coefficient (Wildman–Crippen LogP) is 3.61. The Morgan fingerprint density at radius 2 is 1.90 bits per heavy atom. The van der Waals surface area contributed by atoms with Crippen LogP contribution in [0.5, 0.6) is 11.5 Å². The first-order chi connectivity index (χ1) is 9.91. The Kier molecular flexibility index (Phi) is 5.27. The van der Waals surface area contributed by atoms with Crippen LogP contribution in [-0.4, -0.2) is 30.7 Å². The number of hydrogen-bond donors (Lipinski definition) is 1. The van der Waals surface area contributed by atoms with Gasteiger partial charge in [0, 0.05) is 17.4 Å². The summed E-state index contributed by atoms with van der Waals surface area (Å²) in [5.74, 6) is 1.06. The molecule has 0 radical (unpaired) electrons. The van der Waals surface area contributed by atoms with Crippen LogP contribution in [0.1, 0.15) is 19.8 Å². The summed E-state index contributed by atoms with van der Waals surface area (Å²) < 4.78 is 50.2. The minimum Gasteiger partial charge on any atom is -0.490 e. The van der Waals surface area contributed by atoms with Crippen LogP contribution in [-0.2, 0) is 0 Å². The number of alkyl halides is 3. The Bertz CT molecular complexity index is 482. The minimum atomic E-state index is -4.34. The zero-order chi connectivity index (χ0) is 15.5. The summed E-state index contributed by atoms with van der Waals surface area (Å²) in [4.78, 5) is 0.477. The highest BCUT2D eigenvalue weighted by Gasteiger charge is 2.43. The number of benzene rings is 1. The van der Waals surface area contributed by atoms with Gasteiger partial charge < -0.3 is 15.2 Å². The molecule has 1 heterocycles. The number of hydrogen-bond acceptors (Lipinski definition) is 4. The molecule has 2 N–H and O–H groups in total. The van der Waals surface area contributed by atoms with E-state index in [1.807, 2.05) is 0 Å². The van der Waals surface area contributed by atoms with E-state index in [0.29, 0.717) is 29.6 Å². The highest BCUT2D eigenvalue weighted by Crippen LogP contribution is 2.40. The molecule has 21 heavy (non-hydrogen) atoms. The summed E-state index contributed by atoms with van der Waals surface area (Å²) in [5, 5.41) is -1.63. The normalized spacial score (nSPS) is 18.0. The third-order valence-corrected chi connectivity index (χ3v) is 4.56. The second kappa shape index (κ2) is 6.79. The minimum absolute atomic E-state index is 0.266. The van der Waals surface area contributed by atoms with Crippen molar-refractivity contribution in [1.29, 1.82) is 0 Å². The van der Waals surface area contributed by atoms with Crippen LogP contribution < -0.4 is 15.2 Å². The van der Waals surface area contributed by atoms with Crippen LogP contribution >= 0.6 is 11.8 Å². The topological polar surface area (TPSA) is 44.5 Å². The zero-order valence-electron chi connectivity index (χ0n) is 11.7. The van der Waals surface area contributed by atoms with Crippen molar-refractivity contribution in [3.05, 3.63) is 18.2 Å². The van der Waals surface area contributed by atoms with E-state index in [1.54, 1.807) is 25.1 Å². The van der Waals surface area contributed by atoms with Gasteiger partial charge >= 0.3 is 6.18 Å². The lowest BCUT2D eigenvalue weighted by molar-refractivity contribution is -0.132. The van der Waals surface area contributed by atoms with E-state index >= 15 is 0 Å². The smallest absolute Gasteiger partial charge is 0.402 e. The highest BCUT2D eigenvalue weighted by molar-refractivity contribution is 8.00. The summed E-state index contributed by atoms with van der Waals surface area (Å²) in [6.45, 7) is 2.70. The fourth-order valence-corrected chi connectivity index (χ4v) is 3.09. The second-order valence-electron chi connectivity index (χ2n) is 4.81. The molecular formula is C14H18F3NO2S. The maximum Gasteiger partial charge on any atom is 0.402 e. The van der Waals surface area contributed by atoms with E-state index < -0.39 is 17.5 Å². The van der Waals surface area contributed by atoms with Crippen LogP contribution in [0, 0.1) is 0 Å². The van der Waals surface area contributed by atoms with Crippen molar-refractivity contribution in [2.75, 3.05) is 13.2 Å². The molecule has 2 atom stereocenters. The quantitative estimate of drug-likeness (QED) is 0.861. The van der Waals surface area contributed by atoms with Crippen LogP contribution in [0.15, 0.2) is 23.1 Å². The Hall–Kier alpha value is -1.08. The Labute approximate surface area is 126 Å². The Balaban J connectivity index is 2.19. The van der Waals surface area contributed by atoms with Crippen molar-refractivity contribution < 1.29 is 22.6 Å². The van der Waals surface area contributed by atoms with Crippen molar-refractivity contribution in [3.8, 4) is 11.5 Å². The average molecular weight is 321 g/mol. The van der Waals surface area contributed by atoms with Crippen LogP contribution in [0.4, 0.5) is 13.2 Å². The summed E-state index contributed by atoms with van der Waals surface area (Å²) in [7, 11) is 0. The molecule has 0 aromatic heterocycles. The van der Waals surface area contributed by atoms with E-state index in [1.165, 1.54) is 0 Å². The van der Waals surface area contributed by atoms with Crippen LogP contribution in [0.25, 0.3) is 0 Å². The van der Waals surface area contributed by atoms with Gasteiger partial charge in [0.25, 0.3) is 0 Å². The molecule has 1 aliphatic heterocycles. The summed E-state index contributed by atoms with van der Waals surface area (Å²) in [6.07, 6.45) is -3.32. The van der Waals surface area contributed by atoms with Gasteiger partial charge in [-0.15, -0.1) is 11.8 Å². The number of nitrogens with two attached hydrogens (primary N) is 1. The lowest BCUT2D eigenvalue weighted by atomic mass is 10.1. The SMILES string of the molecule is CCC(N)C(Sc1ccc2c(c1)OCCCO2)C(F)(F)F. The first-order valence-electron chi connectivity index (χ1n) is 6.80. The van der Waals surface area contributed by atoms with Gasteiger partial charge in [-0.2, -0.15) is 13.2 Å². The van der Waals surface area contributed by atoms with E-state index in [4.69, 9.17) is 15.2 Å². The van der Waals surface area contributed by atoms with Gasteiger partial charge in [-0.3, -0.25) is 0 Å². The number of fused-ring (bicyclic) bond motifs is 1. The number of rotatable bonds is 4. The maximum atomic E-state index is 13.1. The van der Waals surface area contributed by atoms with E-state index in [9.17, 15) is 13.2 Å². The molecule has 0 fully saturated rings. The van der Waals surface area contributed by atoms with Gasteiger partial charge in [0.1, 0.15) is 5.25 Å². The molecule has 0 amide bonds. The zero-order valence-corrected chi connectivity index (χ0v) is 12.5. The second-order valence-corrected chi connectivity index (χ2v) is 6.03. The number of ether oxygens (including phenoxy) is 2. The van der Waals surface area contributed by atoms with Crippen molar-refractivity contribution in [3.63, 3.8) is 0 Å². The molecule has 0 bridgehead atoms. The molecule has 7 heteroatoms. The molecular weight excluding hydrogens is 303 g/mol. The molecule has 1 aromatic carbocycles. The summed E-state index contributed by atoms with van der Waals surface area (Å²) >= 11 is 0.722. The van der Waals surface area contributed by atoms with Gasteiger partial charge in [-0.05, 0) is 24.6 Å². The lowest BCUT2D eigenvalue weighted by Gasteiger charge is -2.25. The first kappa shape index (κ1) is 16.3. The monoisotopic (exact) mass is 321 g/mol. The lowest BCUT2D eigenvalue weighted by Crippen LogP contribution is -2.42.